The SMILES string of the molecule is CC(=O)Nc1ccc(NC(C)=O)c(N[C@@H]2O[C@H](CO)[C@H](O)[C@@H]2O)c1. The van der Waals surface area contributed by atoms with E-state index in [1.54, 1.807) is 18.2 Å². The van der Waals surface area contributed by atoms with Crippen LogP contribution in [-0.4, -0.2) is 58.3 Å². The Kier molecular flexibility index (Phi) is 5.73. The Morgan fingerprint density at radius 2 is 1.75 bits per heavy atom. The smallest absolute Gasteiger partial charge is 0.221 e. The van der Waals surface area contributed by atoms with Crippen molar-refractivity contribution in [2.45, 2.75) is 38.4 Å². The van der Waals surface area contributed by atoms with Crippen LogP contribution in [0.5, 0.6) is 0 Å². The Morgan fingerprint density at radius 1 is 1.08 bits per heavy atom. The van der Waals surface area contributed by atoms with Gasteiger partial charge in [0.1, 0.15) is 18.3 Å². The van der Waals surface area contributed by atoms with Crippen molar-refractivity contribution in [1.29, 1.82) is 0 Å². The van der Waals surface area contributed by atoms with Gasteiger partial charge in [-0.2, -0.15) is 0 Å². The van der Waals surface area contributed by atoms with Crippen LogP contribution in [0.2, 0.25) is 0 Å². The van der Waals surface area contributed by atoms with Gasteiger partial charge in [0, 0.05) is 19.5 Å². The zero-order valence-electron chi connectivity index (χ0n) is 13.3. The summed E-state index contributed by atoms with van der Waals surface area (Å²) >= 11 is 0. The standard InChI is InChI=1S/C15H21N3O6/c1-7(20)16-9-3-4-10(17-8(2)21)11(5-9)18-15-14(23)13(22)12(6-19)24-15/h3-5,12-15,18-19,22-23H,6H2,1-2H3,(H,16,20)(H,17,21)/t12-,13+,14+,15-/m1/s1. The van der Waals surface area contributed by atoms with Crippen molar-refractivity contribution in [3.63, 3.8) is 0 Å². The molecule has 6 N–H and O–H groups in total. The number of aliphatic hydroxyl groups excluding tert-OH is 3. The highest BCUT2D eigenvalue weighted by Crippen LogP contribution is 2.30. The van der Waals surface area contributed by atoms with Crippen molar-refractivity contribution < 1.29 is 29.6 Å². The maximum Gasteiger partial charge on any atom is 0.221 e. The number of amides is 2. The van der Waals surface area contributed by atoms with Gasteiger partial charge in [-0.1, -0.05) is 0 Å². The summed E-state index contributed by atoms with van der Waals surface area (Å²) in [5.41, 5.74) is 1.27. The molecule has 1 aliphatic rings. The summed E-state index contributed by atoms with van der Waals surface area (Å²) in [7, 11) is 0. The molecule has 0 unspecified atom stereocenters. The van der Waals surface area contributed by atoms with E-state index in [9.17, 15) is 19.8 Å². The topological polar surface area (TPSA) is 140 Å². The normalized spacial score (nSPS) is 26.0. The molecule has 24 heavy (non-hydrogen) atoms. The number of ether oxygens (including phenoxy) is 1. The first-order chi connectivity index (χ1) is 11.3. The van der Waals surface area contributed by atoms with Gasteiger partial charge in [0.15, 0.2) is 6.23 Å². The van der Waals surface area contributed by atoms with Crippen molar-refractivity contribution in [3.8, 4) is 0 Å². The van der Waals surface area contributed by atoms with Crippen molar-refractivity contribution in [3.05, 3.63) is 18.2 Å². The van der Waals surface area contributed by atoms with Gasteiger partial charge < -0.3 is 36.0 Å². The molecule has 0 aliphatic carbocycles. The highest BCUT2D eigenvalue weighted by molar-refractivity contribution is 5.95. The Morgan fingerprint density at radius 3 is 2.29 bits per heavy atom. The van der Waals surface area contributed by atoms with E-state index in [2.05, 4.69) is 16.0 Å². The van der Waals surface area contributed by atoms with Gasteiger partial charge in [-0.05, 0) is 18.2 Å². The third kappa shape index (κ3) is 4.20. The fourth-order valence-corrected chi connectivity index (χ4v) is 2.42. The third-order valence-corrected chi connectivity index (χ3v) is 3.49. The van der Waals surface area contributed by atoms with Gasteiger partial charge in [0.05, 0.1) is 18.0 Å². The number of benzene rings is 1. The van der Waals surface area contributed by atoms with Crippen molar-refractivity contribution >= 4 is 28.9 Å². The first kappa shape index (κ1) is 18.1. The molecule has 0 radical (unpaired) electrons. The Labute approximate surface area is 138 Å². The minimum absolute atomic E-state index is 0.263. The second-order valence-corrected chi connectivity index (χ2v) is 5.53. The molecule has 9 heteroatoms. The minimum atomic E-state index is -1.27. The molecule has 1 saturated heterocycles. The fourth-order valence-electron chi connectivity index (χ4n) is 2.42. The molecule has 9 nitrogen and oxygen atoms in total. The van der Waals surface area contributed by atoms with Gasteiger partial charge in [0.25, 0.3) is 0 Å². The molecule has 1 aromatic carbocycles. The lowest BCUT2D eigenvalue weighted by Gasteiger charge is -2.21. The molecule has 0 saturated carbocycles. The van der Waals surface area contributed by atoms with Crippen LogP contribution in [0.1, 0.15) is 13.8 Å². The van der Waals surface area contributed by atoms with E-state index in [1.165, 1.54) is 13.8 Å². The van der Waals surface area contributed by atoms with Crippen LogP contribution in [0.4, 0.5) is 17.1 Å². The maximum absolute atomic E-state index is 11.3. The third-order valence-electron chi connectivity index (χ3n) is 3.49. The number of hydrogen-bond donors (Lipinski definition) is 6. The van der Waals surface area contributed by atoms with E-state index >= 15 is 0 Å². The van der Waals surface area contributed by atoms with Crippen LogP contribution < -0.4 is 16.0 Å². The van der Waals surface area contributed by atoms with Crippen LogP contribution in [-0.2, 0) is 14.3 Å². The van der Waals surface area contributed by atoms with Crippen LogP contribution in [0, 0.1) is 0 Å². The second kappa shape index (κ2) is 7.58. The first-order valence-electron chi connectivity index (χ1n) is 7.40. The van der Waals surface area contributed by atoms with Crippen LogP contribution in [0.3, 0.4) is 0 Å². The number of nitrogens with one attached hydrogen (secondary N) is 3. The lowest BCUT2D eigenvalue weighted by atomic mass is 10.1. The lowest BCUT2D eigenvalue weighted by Crippen LogP contribution is -2.36. The molecule has 1 aliphatic heterocycles. The van der Waals surface area contributed by atoms with E-state index in [1.807, 2.05) is 0 Å². The van der Waals surface area contributed by atoms with Gasteiger partial charge in [-0.3, -0.25) is 9.59 Å². The Hall–Kier alpha value is -2.20. The summed E-state index contributed by atoms with van der Waals surface area (Å²) in [4.78, 5) is 22.5. The number of aliphatic hydroxyl groups is 3. The predicted octanol–water partition coefficient (Wildman–Crippen LogP) is -0.546. The quantitative estimate of drug-likeness (QED) is 0.423. The summed E-state index contributed by atoms with van der Waals surface area (Å²) in [5, 5.41) is 37.0. The van der Waals surface area contributed by atoms with E-state index in [-0.39, 0.29) is 11.8 Å². The number of carbonyl (C=O) groups is 2. The van der Waals surface area contributed by atoms with Crippen LogP contribution >= 0.6 is 0 Å². The molecule has 0 spiro atoms. The molecular weight excluding hydrogens is 318 g/mol. The largest absolute Gasteiger partial charge is 0.394 e. The molecule has 1 fully saturated rings. The maximum atomic E-state index is 11.3. The summed E-state index contributed by atoms with van der Waals surface area (Å²) in [5.74, 6) is -0.562. The molecule has 4 atom stereocenters. The number of hydrogen-bond acceptors (Lipinski definition) is 7. The summed E-state index contributed by atoms with van der Waals surface area (Å²) < 4.78 is 5.36. The van der Waals surface area contributed by atoms with Crippen molar-refractivity contribution in [2.24, 2.45) is 0 Å². The van der Waals surface area contributed by atoms with Gasteiger partial charge in [-0.15, -0.1) is 0 Å². The average Bonchev–Trinajstić information content (AvgIpc) is 2.76. The van der Waals surface area contributed by atoms with E-state index < -0.39 is 31.1 Å². The Balaban J connectivity index is 2.25. The predicted molar refractivity (Wildman–Crippen MR) is 86.4 cm³/mol. The molecule has 1 heterocycles. The molecule has 132 valence electrons. The molecular formula is C15H21N3O6. The number of carbonyl (C=O) groups excluding carboxylic acids is 2. The molecule has 2 amide bonds. The zero-order valence-corrected chi connectivity index (χ0v) is 13.3. The highest BCUT2D eigenvalue weighted by atomic mass is 16.6. The average molecular weight is 339 g/mol. The minimum Gasteiger partial charge on any atom is -0.394 e. The summed E-state index contributed by atoms with van der Waals surface area (Å²) in [6, 6.07) is 4.74. The first-order valence-corrected chi connectivity index (χ1v) is 7.40. The van der Waals surface area contributed by atoms with E-state index in [0.29, 0.717) is 17.1 Å². The highest BCUT2D eigenvalue weighted by Gasteiger charge is 2.42. The van der Waals surface area contributed by atoms with E-state index in [0.717, 1.165) is 0 Å². The second-order valence-electron chi connectivity index (χ2n) is 5.53. The van der Waals surface area contributed by atoms with Gasteiger partial charge in [0.2, 0.25) is 11.8 Å². The van der Waals surface area contributed by atoms with Crippen LogP contribution in [0.25, 0.3) is 0 Å². The fraction of sp³-hybridized carbons (Fsp3) is 0.467. The number of anilines is 3. The molecule has 1 aromatic rings. The van der Waals surface area contributed by atoms with Crippen molar-refractivity contribution in [1.82, 2.24) is 0 Å². The Bertz CT molecular complexity index is 623. The van der Waals surface area contributed by atoms with Crippen LogP contribution in [0.15, 0.2) is 18.2 Å². The monoisotopic (exact) mass is 339 g/mol. The molecule has 0 aromatic heterocycles. The number of rotatable bonds is 5. The summed E-state index contributed by atoms with van der Waals surface area (Å²) in [6.45, 7) is 2.26. The van der Waals surface area contributed by atoms with Crippen molar-refractivity contribution in [2.75, 3.05) is 22.6 Å². The lowest BCUT2D eigenvalue weighted by molar-refractivity contribution is -0.115. The van der Waals surface area contributed by atoms with Gasteiger partial charge in [-0.25, -0.2) is 0 Å². The molecule has 2 rings (SSSR count). The summed E-state index contributed by atoms with van der Waals surface area (Å²) in [6.07, 6.45) is -4.41. The zero-order chi connectivity index (χ0) is 17.9. The van der Waals surface area contributed by atoms with Gasteiger partial charge >= 0.3 is 0 Å². The molecule has 0 bridgehead atoms. The van der Waals surface area contributed by atoms with E-state index in [4.69, 9.17) is 9.84 Å².